The number of unbranched alkanes of at least 4 members (excludes halogenated alkanes) is 1. The van der Waals surface area contributed by atoms with Gasteiger partial charge in [0, 0.05) is 30.7 Å². The standard InChI is InChI=1S/C17H32N4S.HI/c1-13(2)9-10-14(3)21-17(18-5)19-11-7-6-8-16-20-15(4)12-22-16;/h12-14H,6-11H2,1-5H3,(H2,18,19,21);1H. The number of hydrogen-bond acceptors (Lipinski definition) is 3. The van der Waals surface area contributed by atoms with Crippen LogP contribution in [0.5, 0.6) is 0 Å². The Morgan fingerprint density at radius 1 is 1.26 bits per heavy atom. The lowest BCUT2D eigenvalue weighted by Gasteiger charge is -2.18. The normalized spacial score (nSPS) is 12.9. The van der Waals surface area contributed by atoms with E-state index in [0.717, 1.165) is 37.0 Å². The van der Waals surface area contributed by atoms with Crippen molar-refractivity contribution in [1.82, 2.24) is 15.6 Å². The van der Waals surface area contributed by atoms with E-state index in [1.54, 1.807) is 11.3 Å². The molecule has 1 atom stereocenters. The molecule has 0 aliphatic heterocycles. The molecule has 0 radical (unpaired) electrons. The van der Waals surface area contributed by atoms with Crippen LogP contribution < -0.4 is 10.6 Å². The van der Waals surface area contributed by atoms with Crippen molar-refractivity contribution >= 4 is 41.3 Å². The maximum atomic E-state index is 4.50. The van der Waals surface area contributed by atoms with Crippen molar-refractivity contribution < 1.29 is 0 Å². The molecule has 1 rings (SSSR count). The van der Waals surface area contributed by atoms with Crippen LogP contribution in [-0.4, -0.2) is 30.6 Å². The molecule has 0 spiro atoms. The molecule has 23 heavy (non-hydrogen) atoms. The fraction of sp³-hybridized carbons (Fsp3) is 0.765. The number of guanidine groups is 1. The third kappa shape index (κ3) is 10.9. The van der Waals surface area contributed by atoms with Crippen LogP contribution in [0.2, 0.25) is 0 Å². The summed E-state index contributed by atoms with van der Waals surface area (Å²) in [5.74, 6) is 1.68. The highest BCUT2D eigenvalue weighted by molar-refractivity contribution is 14.0. The van der Waals surface area contributed by atoms with Crippen molar-refractivity contribution in [3.05, 3.63) is 16.1 Å². The van der Waals surface area contributed by atoms with Gasteiger partial charge in [0.2, 0.25) is 0 Å². The van der Waals surface area contributed by atoms with E-state index in [1.807, 2.05) is 7.05 Å². The van der Waals surface area contributed by atoms with E-state index in [4.69, 9.17) is 0 Å². The molecule has 1 unspecified atom stereocenters. The molecule has 0 saturated heterocycles. The van der Waals surface area contributed by atoms with Gasteiger partial charge in [-0.05, 0) is 51.9 Å². The molecule has 0 amide bonds. The molecule has 0 saturated carbocycles. The fourth-order valence-electron chi connectivity index (χ4n) is 2.21. The van der Waals surface area contributed by atoms with Gasteiger partial charge >= 0.3 is 0 Å². The summed E-state index contributed by atoms with van der Waals surface area (Å²) < 4.78 is 0. The number of aliphatic imine (C=N–C) groups is 1. The van der Waals surface area contributed by atoms with Crippen LogP contribution in [0.25, 0.3) is 0 Å². The van der Waals surface area contributed by atoms with Crippen molar-refractivity contribution in [1.29, 1.82) is 0 Å². The smallest absolute Gasteiger partial charge is 0.191 e. The first-order valence-corrected chi connectivity index (χ1v) is 9.27. The SMILES string of the molecule is CN=C(NCCCCc1nc(C)cs1)NC(C)CCC(C)C.I. The third-order valence-corrected chi connectivity index (χ3v) is 4.59. The van der Waals surface area contributed by atoms with Gasteiger partial charge in [-0.3, -0.25) is 4.99 Å². The van der Waals surface area contributed by atoms with E-state index in [-0.39, 0.29) is 24.0 Å². The van der Waals surface area contributed by atoms with Crippen LogP contribution in [0.4, 0.5) is 0 Å². The van der Waals surface area contributed by atoms with Gasteiger partial charge in [0.05, 0.1) is 5.01 Å². The van der Waals surface area contributed by atoms with Crippen LogP contribution in [0.15, 0.2) is 10.4 Å². The number of thiazole rings is 1. The summed E-state index contributed by atoms with van der Waals surface area (Å²) in [7, 11) is 1.84. The average molecular weight is 452 g/mol. The van der Waals surface area contributed by atoms with Gasteiger partial charge in [0.15, 0.2) is 5.96 Å². The molecule has 6 heteroatoms. The minimum atomic E-state index is 0. The highest BCUT2D eigenvalue weighted by Crippen LogP contribution is 2.11. The van der Waals surface area contributed by atoms with Gasteiger partial charge in [-0.2, -0.15) is 0 Å². The maximum Gasteiger partial charge on any atom is 0.191 e. The first kappa shape index (κ1) is 22.6. The van der Waals surface area contributed by atoms with Crippen LogP contribution in [0.1, 0.15) is 57.2 Å². The Labute approximate surface area is 163 Å². The summed E-state index contributed by atoms with van der Waals surface area (Å²) in [4.78, 5) is 8.79. The molecule has 1 aromatic rings. The number of aryl methyl sites for hydroxylation is 2. The predicted octanol–water partition coefficient (Wildman–Crippen LogP) is 4.38. The largest absolute Gasteiger partial charge is 0.356 e. The minimum absolute atomic E-state index is 0. The second-order valence-electron chi connectivity index (χ2n) is 6.36. The second-order valence-corrected chi connectivity index (χ2v) is 7.30. The Morgan fingerprint density at radius 3 is 2.57 bits per heavy atom. The zero-order valence-electron chi connectivity index (χ0n) is 15.2. The van der Waals surface area contributed by atoms with E-state index in [0.29, 0.717) is 6.04 Å². The summed E-state index contributed by atoms with van der Waals surface area (Å²) in [6, 6.07) is 0.465. The van der Waals surface area contributed by atoms with E-state index in [2.05, 4.69) is 53.7 Å². The van der Waals surface area contributed by atoms with Crippen molar-refractivity contribution in [2.75, 3.05) is 13.6 Å². The van der Waals surface area contributed by atoms with Crippen LogP contribution in [0.3, 0.4) is 0 Å². The van der Waals surface area contributed by atoms with Gasteiger partial charge in [-0.15, -0.1) is 35.3 Å². The molecular weight excluding hydrogens is 419 g/mol. The lowest BCUT2D eigenvalue weighted by atomic mass is 10.0. The Kier molecular flexibility index (Phi) is 12.8. The van der Waals surface area contributed by atoms with Crippen molar-refractivity contribution in [3.8, 4) is 0 Å². The lowest BCUT2D eigenvalue weighted by molar-refractivity contribution is 0.488. The van der Waals surface area contributed by atoms with Crippen LogP contribution >= 0.6 is 35.3 Å². The first-order chi connectivity index (χ1) is 10.5. The van der Waals surface area contributed by atoms with Gasteiger partial charge < -0.3 is 10.6 Å². The second kappa shape index (κ2) is 13.0. The van der Waals surface area contributed by atoms with E-state index in [9.17, 15) is 0 Å². The Balaban J connectivity index is 0.00000484. The molecule has 0 aliphatic rings. The molecule has 0 aliphatic carbocycles. The zero-order chi connectivity index (χ0) is 16.4. The van der Waals surface area contributed by atoms with Gasteiger partial charge in [-0.1, -0.05) is 13.8 Å². The monoisotopic (exact) mass is 452 g/mol. The van der Waals surface area contributed by atoms with Gasteiger partial charge in [0.1, 0.15) is 0 Å². The average Bonchev–Trinajstić information content (AvgIpc) is 2.89. The molecule has 0 fully saturated rings. The third-order valence-electron chi connectivity index (χ3n) is 3.56. The van der Waals surface area contributed by atoms with Crippen molar-refractivity contribution in [2.45, 2.75) is 65.8 Å². The number of halogens is 1. The number of rotatable bonds is 9. The zero-order valence-corrected chi connectivity index (χ0v) is 18.3. The topological polar surface area (TPSA) is 49.3 Å². The molecule has 0 bridgehead atoms. The maximum absolute atomic E-state index is 4.50. The van der Waals surface area contributed by atoms with Gasteiger partial charge in [-0.25, -0.2) is 4.98 Å². The van der Waals surface area contributed by atoms with Gasteiger partial charge in [0.25, 0.3) is 0 Å². The van der Waals surface area contributed by atoms with E-state index < -0.39 is 0 Å². The van der Waals surface area contributed by atoms with E-state index >= 15 is 0 Å². The molecular formula is C17H33IN4S. The molecule has 0 aromatic carbocycles. The Bertz CT molecular complexity index is 446. The molecule has 1 aromatic heterocycles. The quantitative estimate of drug-likeness (QED) is 0.253. The van der Waals surface area contributed by atoms with Crippen LogP contribution in [0, 0.1) is 12.8 Å². The molecule has 4 nitrogen and oxygen atoms in total. The number of nitrogens with zero attached hydrogens (tertiary/aromatic N) is 2. The summed E-state index contributed by atoms with van der Waals surface area (Å²) in [6.07, 6.45) is 5.82. The highest BCUT2D eigenvalue weighted by atomic mass is 127. The first-order valence-electron chi connectivity index (χ1n) is 8.39. The van der Waals surface area contributed by atoms with Crippen molar-refractivity contribution in [2.24, 2.45) is 10.9 Å². The molecule has 134 valence electrons. The lowest BCUT2D eigenvalue weighted by Crippen LogP contribution is -2.42. The van der Waals surface area contributed by atoms with E-state index in [1.165, 1.54) is 24.3 Å². The van der Waals surface area contributed by atoms with Crippen molar-refractivity contribution in [3.63, 3.8) is 0 Å². The molecule has 2 N–H and O–H groups in total. The Hall–Kier alpha value is -0.370. The summed E-state index contributed by atoms with van der Waals surface area (Å²) >= 11 is 1.77. The summed E-state index contributed by atoms with van der Waals surface area (Å²) in [6.45, 7) is 9.77. The minimum Gasteiger partial charge on any atom is -0.356 e. The number of aromatic nitrogens is 1. The number of nitrogens with one attached hydrogen (secondary N) is 2. The fourth-order valence-corrected chi connectivity index (χ4v) is 3.03. The Morgan fingerprint density at radius 2 is 2.00 bits per heavy atom. The summed E-state index contributed by atoms with van der Waals surface area (Å²) in [5.41, 5.74) is 1.14. The van der Waals surface area contributed by atoms with Crippen LogP contribution in [-0.2, 0) is 6.42 Å². The number of hydrogen-bond donors (Lipinski definition) is 2. The molecule has 1 heterocycles. The summed E-state index contributed by atoms with van der Waals surface area (Å²) in [5, 5.41) is 10.2. The highest BCUT2D eigenvalue weighted by Gasteiger charge is 2.06. The predicted molar refractivity (Wildman–Crippen MR) is 113 cm³/mol.